The predicted molar refractivity (Wildman–Crippen MR) is 119 cm³/mol. The maximum absolute atomic E-state index is 10.2. The summed E-state index contributed by atoms with van der Waals surface area (Å²) in [5.74, 6) is 4.60. The van der Waals surface area contributed by atoms with Gasteiger partial charge in [0.1, 0.15) is 0 Å². The van der Waals surface area contributed by atoms with Crippen LogP contribution in [0.25, 0.3) is 0 Å². The second-order valence-corrected chi connectivity index (χ2v) is 11.8. The third kappa shape index (κ3) is 3.34. The molecular weight excluding hydrogens is 340 g/mol. The first-order valence-corrected chi connectivity index (χ1v) is 12.3. The lowest BCUT2D eigenvalue weighted by Gasteiger charge is -2.55. The summed E-state index contributed by atoms with van der Waals surface area (Å²) in [7, 11) is 0. The monoisotopic (exact) mass is 384 g/mol. The van der Waals surface area contributed by atoms with Crippen molar-refractivity contribution in [2.45, 2.75) is 98.5 Å². The summed E-state index contributed by atoms with van der Waals surface area (Å²) in [5, 5.41) is 10.2. The van der Waals surface area contributed by atoms with Crippen molar-refractivity contribution < 1.29 is 5.11 Å². The third-order valence-corrected chi connectivity index (χ3v) is 9.71. The Labute approximate surface area is 174 Å². The molecule has 8 atom stereocenters. The minimum absolute atomic E-state index is 0.0617. The summed E-state index contributed by atoms with van der Waals surface area (Å²) in [5.41, 5.74) is 2.54. The average molecular weight is 385 g/mol. The van der Waals surface area contributed by atoms with E-state index in [0.717, 1.165) is 36.5 Å². The molecule has 1 heteroatoms. The molecule has 4 rings (SSSR count). The molecule has 0 radical (unpaired) electrons. The van der Waals surface area contributed by atoms with Gasteiger partial charge in [0.2, 0.25) is 0 Å². The van der Waals surface area contributed by atoms with Gasteiger partial charge < -0.3 is 5.11 Å². The lowest BCUT2D eigenvalue weighted by molar-refractivity contribution is -0.0108. The van der Waals surface area contributed by atoms with E-state index in [4.69, 9.17) is 0 Å². The fourth-order valence-electron chi connectivity index (χ4n) is 7.89. The molecule has 28 heavy (non-hydrogen) atoms. The first-order chi connectivity index (χ1) is 13.3. The highest BCUT2D eigenvalue weighted by molar-refractivity contribution is 5.35. The van der Waals surface area contributed by atoms with Gasteiger partial charge in [0, 0.05) is 5.92 Å². The van der Waals surface area contributed by atoms with E-state index < -0.39 is 0 Å². The minimum Gasteiger partial charge on any atom is -0.393 e. The quantitative estimate of drug-likeness (QED) is 0.498. The highest BCUT2D eigenvalue weighted by Gasteiger charge is 2.56. The van der Waals surface area contributed by atoms with Gasteiger partial charge in [-0.1, -0.05) is 77.7 Å². The van der Waals surface area contributed by atoms with Gasteiger partial charge in [-0.25, -0.2) is 0 Å². The van der Waals surface area contributed by atoms with Crippen LogP contribution >= 0.6 is 0 Å². The average Bonchev–Trinajstić information content (AvgIpc) is 2.99. The van der Waals surface area contributed by atoms with Gasteiger partial charge in [0.05, 0.1) is 6.10 Å². The van der Waals surface area contributed by atoms with E-state index in [9.17, 15) is 5.11 Å². The van der Waals surface area contributed by atoms with Crippen LogP contribution in [0.4, 0.5) is 0 Å². The third-order valence-electron chi connectivity index (χ3n) is 9.71. The fraction of sp³-hybridized carbons (Fsp3) is 0.852. The standard InChI is InChI=1S/C27H44O/c1-18(2)7-6-8-19(3)23-11-12-24-22-10-9-20-17-21(28)13-15-26(20,4)25(22)14-16-27(23,24)5/h10,14,16,18-21,23-25,28H,6-9,11-13,15,17H2,1-5H3/t19-,20-,21+,23+,24+,25-,26+,27+/m1/s1. The molecule has 0 bridgehead atoms. The van der Waals surface area contributed by atoms with Crippen molar-refractivity contribution in [1.82, 2.24) is 0 Å². The molecule has 0 saturated heterocycles. The molecule has 4 aliphatic rings. The van der Waals surface area contributed by atoms with Crippen LogP contribution in [0.5, 0.6) is 0 Å². The first kappa shape index (κ1) is 20.7. The minimum atomic E-state index is -0.0617. The highest BCUT2D eigenvalue weighted by Crippen LogP contribution is 2.64. The van der Waals surface area contributed by atoms with Gasteiger partial charge in [-0.2, -0.15) is 0 Å². The molecule has 0 amide bonds. The number of allylic oxidation sites excluding steroid dienone is 4. The Kier molecular flexibility index (Phi) is 5.62. The highest BCUT2D eigenvalue weighted by atomic mass is 16.3. The Bertz CT molecular complexity index is 630. The van der Waals surface area contributed by atoms with Gasteiger partial charge in [-0.3, -0.25) is 0 Å². The number of hydrogen-bond acceptors (Lipinski definition) is 1. The van der Waals surface area contributed by atoms with Crippen LogP contribution in [0, 0.1) is 46.3 Å². The maximum atomic E-state index is 10.2. The summed E-state index contributed by atoms with van der Waals surface area (Å²) >= 11 is 0. The maximum Gasteiger partial charge on any atom is 0.0543 e. The molecule has 0 aliphatic heterocycles. The number of rotatable bonds is 5. The number of aliphatic hydroxyl groups excluding tert-OH is 1. The molecule has 158 valence electrons. The second kappa shape index (κ2) is 7.60. The summed E-state index contributed by atoms with van der Waals surface area (Å²) in [6.45, 7) is 12.4. The van der Waals surface area contributed by atoms with Crippen molar-refractivity contribution in [1.29, 1.82) is 0 Å². The van der Waals surface area contributed by atoms with Crippen molar-refractivity contribution in [2.75, 3.05) is 0 Å². The van der Waals surface area contributed by atoms with Crippen molar-refractivity contribution in [3.05, 3.63) is 23.8 Å². The van der Waals surface area contributed by atoms with Crippen LogP contribution in [-0.4, -0.2) is 11.2 Å². The van der Waals surface area contributed by atoms with Crippen molar-refractivity contribution in [3.63, 3.8) is 0 Å². The van der Waals surface area contributed by atoms with Crippen LogP contribution in [0.1, 0.15) is 92.4 Å². The van der Waals surface area contributed by atoms with E-state index in [1.54, 1.807) is 5.57 Å². The topological polar surface area (TPSA) is 20.2 Å². The Morgan fingerprint density at radius 3 is 2.64 bits per heavy atom. The number of aliphatic hydroxyl groups is 1. The predicted octanol–water partition coefficient (Wildman–Crippen LogP) is 7.16. The smallest absolute Gasteiger partial charge is 0.0543 e. The van der Waals surface area contributed by atoms with E-state index in [-0.39, 0.29) is 6.10 Å². The molecular formula is C27H44O. The molecule has 0 aromatic rings. The van der Waals surface area contributed by atoms with Crippen LogP contribution in [0.3, 0.4) is 0 Å². The summed E-state index contributed by atoms with van der Waals surface area (Å²) in [6, 6.07) is 0. The van der Waals surface area contributed by atoms with E-state index in [2.05, 4.69) is 52.8 Å². The molecule has 1 N–H and O–H groups in total. The van der Waals surface area contributed by atoms with Crippen molar-refractivity contribution in [2.24, 2.45) is 46.3 Å². The number of fused-ring (bicyclic) bond motifs is 5. The van der Waals surface area contributed by atoms with E-state index >= 15 is 0 Å². The molecule has 4 aliphatic carbocycles. The van der Waals surface area contributed by atoms with Crippen LogP contribution in [0.15, 0.2) is 23.8 Å². The molecule has 0 heterocycles. The van der Waals surface area contributed by atoms with Gasteiger partial charge in [-0.15, -0.1) is 0 Å². The van der Waals surface area contributed by atoms with Gasteiger partial charge in [0.15, 0.2) is 0 Å². The van der Waals surface area contributed by atoms with Crippen molar-refractivity contribution in [3.8, 4) is 0 Å². The molecule has 0 unspecified atom stereocenters. The zero-order valence-electron chi connectivity index (χ0n) is 19.1. The molecule has 2 fully saturated rings. The molecule has 0 aromatic heterocycles. The van der Waals surface area contributed by atoms with Crippen molar-refractivity contribution >= 4 is 0 Å². The fourth-order valence-corrected chi connectivity index (χ4v) is 7.89. The molecule has 1 nitrogen and oxygen atoms in total. The Morgan fingerprint density at radius 2 is 1.89 bits per heavy atom. The molecule has 2 saturated carbocycles. The van der Waals surface area contributed by atoms with E-state index in [1.165, 1.54) is 44.9 Å². The molecule has 0 aromatic carbocycles. The first-order valence-electron chi connectivity index (χ1n) is 12.3. The zero-order chi connectivity index (χ0) is 20.1. The lowest BCUT2D eigenvalue weighted by Crippen LogP contribution is -2.47. The van der Waals surface area contributed by atoms with E-state index in [0.29, 0.717) is 22.7 Å². The number of hydrogen-bond donors (Lipinski definition) is 1. The summed E-state index contributed by atoms with van der Waals surface area (Å²) in [6.07, 6.45) is 19.3. The molecule has 0 spiro atoms. The lowest BCUT2D eigenvalue weighted by atomic mass is 9.50. The van der Waals surface area contributed by atoms with E-state index in [1.807, 2.05) is 0 Å². The Morgan fingerprint density at radius 1 is 1.11 bits per heavy atom. The van der Waals surface area contributed by atoms with Gasteiger partial charge in [0.25, 0.3) is 0 Å². The van der Waals surface area contributed by atoms with Crippen LogP contribution < -0.4 is 0 Å². The normalized spacial score (nSPS) is 46.0. The second-order valence-electron chi connectivity index (χ2n) is 11.8. The Hall–Kier alpha value is -0.560. The van der Waals surface area contributed by atoms with Crippen LogP contribution in [0.2, 0.25) is 0 Å². The van der Waals surface area contributed by atoms with Gasteiger partial charge in [-0.05, 0) is 78.9 Å². The largest absolute Gasteiger partial charge is 0.393 e. The SMILES string of the molecule is CC(C)CCC[C@@H](C)[C@@H]1CC[C@H]2C3=CC[C@@H]4C[C@@H](O)CC[C@]4(C)[C@@H]3C=C[C@]21C. The summed E-state index contributed by atoms with van der Waals surface area (Å²) < 4.78 is 0. The zero-order valence-corrected chi connectivity index (χ0v) is 19.1. The summed E-state index contributed by atoms with van der Waals surface area (Å²) in [4.78, 5) is 0. The Balaban J connectivity index is 1.54. The van der Waals surface area contributed by atoms with Gasteiger partial charge >= 0.3 is 0 Å². The van der Waals surface area contributed by atoms with Crippen LogP contribution in [-0.2, 0) is 0 Å².